The smallest absolute Gasteiger partial charge is 0.410 e. The first-order valence-corrected chi connectivity index (χ1v) is 12.4. The first-order chi connectivity index (χ1) is 14.9. The fourth-order valence-corrected chi connectivity index (χ4v) is 5.58. The molecule has 1 amide bonds. The second-order valence-corrected chi connectivity index (χ2v) is 10.5. The molecule has 0 aromatic heterocycles. The summed E-state index contributed by atoms with van der Waals surface area (Å²) in [5.41, 5.74) is 0.977. The summed E-state index contributed by atoms with van der Waals surface area (Å²) in [6.07, 6.45) is 10.6. The molecule has 0 bridgehead atoms. The molecule has 31 heavy (non-hydrogen) atoms. The number of piperidine rings is 2. The van der Waals surface area contributed by atoms with Gasteiger partial charge in [0.2, 0.25) is 0 Å². The Bertz CT molecular complexity index is 727. The SMILES string of the molecule is CC(C)(C)OC(=O)N1CCCCC1CCOc1ccc(C2CCC3CCCCN32)cc1. The van der Waals surface area contributed by atoms with Crippen LogP contribution in [0.3, 0.4) is 0 Å². The summed E-state index contributed by atoms with van der Waals surface area (Å²) in [7, 11) is 0. The summed E-state index contributed by atoms with van der Waals surface area (Å²) in [6.45, 7) is 8.44. The normalized spacial score (nSPS) is 27.1. The van der Waals surface area contributed by atoms with E-state index in [-0.39, 0.29) is 12.1 Å². The van der Waals surface area contributed by atoms with Crippen LogP contribution in [0.2, 0.25) is 0 Å². The number of likely N-dealkylation sites (tertiary alicyclic amines) is 1. The van der Waals surface area contributed by atoms with E-state index in [0.717, 1.165) is 44.0 Å². The summed E-state index contributed by atoms with van der Waals surface area (Å²) in [5.74, 6) is 0.927. The summed E-state index contributed by atoms with van der Waals surface area (Å²) < 4.78 is 11.7. The van der Waals surface area contributed by atoms with Gasteiger partial charge < -0.3 is 14.4 Å². The highest BCUT2D eigenvalue weighted by atomic mass is 16.6. The Morgan fingerprint density at radius 2 is 1.71 bits per heavy atom. The van der Waals surface area contributed by atoms with Crippen LogP contribution >= 0.6 is 0 Å². The molecule has 1 aromatic rings. The van der Waals surface area contributed by atoms with Crippen LogP contribution in [-0.2, 0) is 4.74 Å². The molecule has 3 atom stereocenters. The molecule has 3 saturated heterocycles. The number of hydrogen-bond donors (Lipinski definition) is 0. The zero-order valence-corrected chi connectivity index (χ0v) is 19.6. The number of fused-ring (bicyclic) bond motifs is 1. The number of rotatable bonds is 5. The van der Waals surface area contributed by atoms with Gasteiger partial charge in [0, 0.05) is 31.1 Å². The van der Waals surface area contributed by atoms with Crippen LogP contribution in [0.15, 0.2) is 24.3 Å². The average Bonchev–Trinajstić information content (AvgIpc) is 3.18. The van der Waals surface area contributed by atoms with Gasteiger partial charge in [-0.25, -0.2) is 4.79 Å². The fraction of sp³-hybridized carbons (Fsp3) is 0.731. The minimum absolute atomic E-state index is 0.186. The number of carbonyl (C=O) groups is 1. The van der Waals surface area contributed by atoms with Crippen LogP contribution in [0.4, 0.5) is 4.79 Å². The Hall–Kier alpha value is -1.75. The number of amides is 1. The van der Waals surface area contributed by atoms with Crippen molar-refractivity contribution in [3.05, 3.63) is 29.8 Å². The van der Waals surface area contributed by atoms with Crippen LogP contribution in [0.1, 0.15) is 90.2 Å². The maximum Gasteiger partial charge on any atom is 0.410 e. The lowest BCUT2D eigenvalue weighted by Crippen LogP contribution is -2.46. The van der Waals surface area contributed by atoms with Crippen molar-refractivity contribution in [2.45, 2.75) is 102 Å². The van der Waals surface area contributed by atoms with Gasteiger partial charge in [0.15, 0.2) is 0 Å². The zero-order valence-electron chi connectivity index (χ0n) is 19.6. The molecule has 5 nitrogen and oxygen atoms in total. The molecule has 1 aromatic carbocycles. The number of hydrogen-bond acceptors (Lipinski definition) is 4. The summed E-state index contributed by atoms with van der Waals surface area (Å²) in [6, 6.07) is 10.4. The second kappa shape index (κ2) is 9.81. The Balaban J connectivity index is 1.27. The molecule has 172 valence electrons. The predicted octanol–water partition coefficient (Wildman–Crippen LogP) is 5.93. The van der Waals surface area contributed by atoms with Gasteiger partial charge in [-0.3, -0.25) is 4.90 Å². The van der Waals surface area contributed by atoms with Crippen molar-refractivity contribution in [3.63, 3.8) is 0 Å². The second-order valence-electron chi connectivity index (χ2n) is 10.5. The molecular weight excluding hydrogens is 388 g/mol. The van der Waals surface area contributed by atoms with Crippen molar-refractivity contribution in [2.75, 3.05) is 19.7 Å². The standard InChI is InChI=1S/C26H40N2O3/c1-26(2,3)31-25(29)28-18-7-5-9-22(28)16-19-30-23-13-10-20(11-14-23)24-15-12-21-8-4-6-17-27(21)24/h10-11,13-14,21-22,24H,4-9,12,15-19H2,1-3H3. The minimum Gasteiger partial charge on any atom is -0.494 e. The van der Waals surface area contributed by atoms with E-state index in [1.54, 1.807) is 0 Å². The van der Waals surface area contributed by atoms with E-state index < -0.39 is 5.60 Å². The maximum absolute atomic E-state index is 12.6. The van der Waals surface area contributed by atoms with E-state index in [1.165, 1.54) is 44.2 Å². The Labute approximate surface area is 188 Å². The van der Waals surface area contributed by atoms with Crippen LogP contribution in [0, 0.1) is 0 Å². The van der Waals surface area contributed by atoms with Crippen molar-refractivity contribution in [1.29, 1.82) is 0 Å². The fourth-order valence-electron chi connectivity index (χ4n) is 5.58. The van der Waals surface area contributed by atoms with E-state index in [1.807, 2.05) is 25.7 Å². The molecule has 0 aliphatic carbocycles. The molecule has 5 heteroatoms. The average molecular weight is 429 g/mol. The van der Waals surface area contributed by atoms with Crippen molar-refractivity contribution in [2.24, 2.45) is 0 Å². The van der Waals surface area contributed by atoms with Gasteiger partial charge >= 0.3 is 6.09 Å². The predicted molar refractivity (Wildman–Crippen MR) is 123 cm³/mol. The van der Waals surface area contributed by atoms with Crippen molar-refractivity contribution in [1.82, 2.24) is 9.80 Å². The molecule has 3 heterocycles. The van der Waals surface area contributed by atoms with Gasteiger partial charge in [0.05, 0.1) is 6.61 Å². The molecule has 0 spiro atoms. The number of ether oxygens (including phenoxy) is 2. The highest BCUT2D eigenvalue weighted by Gasteiger charge is 2.35. The molecule has 3 aliphatic rings. The quantitative estimate of drug-likeness (QED) is 0.582. The van der Waals surface area contributed by atoms with E-state index in [0.29, 0.717) is 12.6 Å². The van der Waals surface area contributed by atoms with Gasteiger partial charge in [-0.2, -0.15) is 0 Å². The van der Waals surface area contributed by atoms with Crippen molar-refractivity contribution in [3.8, 4) is 5.75 Å². The monoisotopic (exact) mass is 428 g/mol. The maximum atomic E-state index is 12.6. The van der Waals surface area contributed by atoms with E-state index >= 15 is 0 Å². The molecule has 0 saturated carbocycles. The molecule has 0 N–H and O–H groups in total. The van der Waals surface area contributed by atoms with Crippen molar-refractivity contribution >= 4 is 6.09 Å². The van der Waals surface area contributed by atoms with Gasteiger partial charge in [-0.1, -0.05) is 18.6 Å². The number of carbonyl (C=O) groups excluding carboxylic acids is 1. The third kappa shape index (κ3) is 5.74. The highest BCUT2D eigenvalue weighted by Crippen LogP contribution is 2.40. The van der Waals surface area contributed by atoms with Gasteiger partial charge in [-0.05, 0) is 90.0 Å². The summed E-state index contributed by atoms with van der Waals surface area (Å²) >= 11 is 0. The van der Waals surface area contributed by atoms with Gasteiger partial charge in [0.25, 0.3) is 0 Å². The summed E-state index contributed by atoms with van der Waals surface area (Å²) in [5, 5.41) is 0. The molecule has 3 unspecified atom stereocenters. The number of benzene rings is 1. The highest BCUT2D eigenvalue weighted by molar-refractivity contribution is 5.68. The Kier molecular flexibility index (Phi) is 7.10. The number of nitrogens with zero attached hydrogens (tertiary/aromatic N) is 2. The topological polar surface area (TPSA) is 42.0 Å². The third-order valence-electron chi connectivity index (χ3n) is 7.09. The van der Waals surface area contributed by atoms with E-state index in [4.69, 9.17) is 9.47 Å². The third-order valence-corrected chi connectivity index (χ3v) is 7.09. The molecular formula is C26H40N2O3. The first-order valence-electron chi connectivity index (χ1n) is 12.4. The molecule has 3 fully saturated rings. The molecule has 4 rings (SSSR count). The van der Waals surface area contributed by atoms with Crippen LogP contribution in [0.25, 0.3) is 0 Å². The molecule has 3 aliphatic heterocycles. The van der Waals surface area contributed by atoms with Gasteiger partial charge in [0.1, 0.15) is 11.4 Å². The lowest BCUT2D eigenvalue weighted by molar-refractivity contribution is 0.00743. The Morgan fingerprint density at radius 1 is 0.968 bits per heavy atom. The molecule has 0 radical (unpaired) electrons. The van der Waals surface area contributed by atoms with Crippen molar-refractivity contribution < 1.29 is 14.3 Å². The largest absolute Gasteiger partial charge is 0.494 e. The minimum atomic E-state index is -0.454. The lowest BCUT2D eigenvalue weighted by Gasteiger charge is -2.36. The van der Waals surface area contributed by atoms with E-state index in [2.05, 4.69) is 29.2 Å². The lowest BCUT2D eigenvalue weighted by atomic mass is 10.0. The summed E-state index contributed by atoms with van der Waals surface area (Å²) in [4.78, 5) is 17.2. The van der Waals surface area contributed by atoms with E-state index in [9.17, 15) is 4.79 Å². The Morgan fingerprint density at radius 3 is 2.48 bits per heavy atom. The zero-order chi connectivity index (χ0) is 21.8. The van der Waals surface area contributed by atoms with Gasteiger partial charge in [-0.15, -0.1) is 0 Å². The van der Waals surface area contributed by atoms with Crippen LogP contribution < -0.4 is 4.74 Å². The first kappa shape index (κ1) is 22.4. The van der Waals surface area contributed by atoms with Crippen LogP contribution in [-0.4, -0.2) is 53.3 Å². The van der Waals surface area contributed by atoms with Crippen LogP contribution in [0.5, 0.6) is 5.75 Å².